The Morgan fingerprint density at radius 2 is 2.15 bits per heavy atom. The smallest absolute Gasteiger partial charge is 0.215 e. The van der Waals surface area contributed by atoms with Crippen LogP contribution in [0.25, 0.3) is 0 Å². The lowest BCUT2D eigenvalue weighted by Gasteiger charge is -2.17. The van der Waals surface area contributed by atoms with Crippen molar-refractivity contribution in [2.75, 3.05) is 18.9 Å². The van der Waals surface area contributed by atoms with E-state index in [0.717, 1.165) is 19.4 Å². The van der Waals surface area contributed by atoms with Crippen molar-refractivity contribution in [1.82, 2.24) is 4.72 Å². The number of ether oxygens (including phenoxy) is 1. The van der Waals surface area contributed by atoms with Crippen LogP contribution in [0.2, 0.25) is 0 Å². The number of nitrogen functional groups attached to an aromatic ring is 1. The molecule has 2 unspecified atom stereocenters. The van der Waals surface area contributed by atoms with Crippen LogP contribution in [0.1, 0.15) is 25.3 Å². The van der Waals surface area contributed by atoms with Crippen molar-refractivity contribution in [1.29, 1.82) is 0 Å². The molecular formula is C14H22N2O3S. The lowest BCUT2D eigenvalue weighted by Crippen LogP contribution is -2.33. The summed E-state index contributed by atoms with van der Waals surface area (Å²) in [5, 5.41) is 0. The molecule has 112 valence electrons. The number of anilines is 1. The van der Waals surface area contributed by atoms with Gasteiger partial charge in [-0.1, -0.05) is 25.1 Å². The second-order valence-electron chi connectivity index (χ2n) is 5.17. The van der Waals surface area contributed by atoms with Crippen LogP contribution in [0, 0.1) is 5.92 Å². The van der Waals surface area contributed by atoms with Gasteiger partial charge in [0.1, 0.15) is 0 Å². The van der Waals surface area contributed by atoms with Crippen molar-refractivity contribution >= 4 is 15.7 Å². The van der Waals surface area contributed by atoms with Crippen molar-refractivity contribution in [2.45, 2.75) is 31.6 Å². The van der Waals surface area contributed by atoms with E-state index in [1.807, 2.05) is 0 Å². The topological polar surface area (TPSA) is 81.4 Å². The van der Waals surface area contributed by atoms with Crippen LogP contribution in [0.3, 0.4) is 0 Å². The summed E-state index contributed by atoms with van der Waals surface area (Å²) in [4.78, 5) is 0. The molecule has 0 amide bonds. The third kappa shape index (κ3) is 3.94. The lowest BCUT2D eigenvalue weighted by atomic mass is 10.0. The number of rotatable bonds is 6. The fraction of sp³-hybridized carbons (Fsp3) is 0.571. The first-order valence-electron chi connectivity index (χ1n) is 6.94. The van der Waals surface area contributed by atoms with Gasteiger partial charge in [-0.05, 0) is 24.5 Å². The number of nitrogens with two attached hydrogens (primary N) is 1. The van der Waals surface area contributed by atoms with Gasteiger partial charge in [-0.15, -0.1) is 0 Å². The normalized spacial score (nSPS) is 23.1. The summed E-state index contributed by atoms with van der Waals surface area (Å²) in [6, 6.07) is 7.03. The van der Waals surface area contributed by atoms with Crippen LogP contribution in [-0.2, 0) is 20.5 Å². The molecule has 0 bridgehead atoms. The van der Waals surface area contributed by atoms with Gasteiger partial charge < -0.3 is 10.5 Å². The fourth-order valence-electron chi connectivity index (χ4n) is 2.53. The van der Waals surface area contributed by atoms with Gasteiger partial charge in [-0.2, -0.15) is 0 Å². The summed E-state index contributed by atoms with van der Waals surface area (Å²) in [5.41, 5.74) is 6.92. The number of hydrogen-bond acceptors (Lipinski definition) is 4. The molecular weight excluding hydrogens is 276 g/mol. The Hall–Kier alpha value is -1.11. The van der Waals surface area contributed by atoms with Gasteiger partial charge in [0.05, 0.1) is 11.9 Å². The molecule has 0 aromatic heterocycles. The molecule has 1 aliphatic rings. The van der Waals surface area contributed by atoms with E-state index in [1.165, 1.54) is 0 Å². The van der Waals surface area contributed by atoms with Gasteiger partial charge in [-0.3, -0.25) is 0 Å². The SMILES string of the molecule is CCC1OCCC1CNS(=O)(=O)Cc1ccccc1N. The van der Waals surface area contributed by atoms with Gasteiger partial charge in [0, 0.05) is 24.8 Å². The van der Waals surface area contributed by atoms with E-state index in [0.29, 0.717) is 17.8 Å². The fourth-order valence-corrected chi connectivity index (χ4v) is 3.78. The number of benzene rings is 1. The van der Waals surface area contributed by atoms with E-state index in [9.17, 15) is 8.42 Å². The van der Waals surface area contributed by atoms with Crippen LogP contribution < -0.4 is 10.5 Å². The Balaban J connectivity index is 1.93. The van der Waals surface area contributed by atoms with E-state index in [2.05, 4.69) is 11.6 Å². The van der Waals surface area contributed by atoms with Crippen LogP contribution in [0.5, 0.6) is 0 Å². The van der Waals surface area contributed by atoms with Crippen molar-refractivity contribution < 1.29 is 13.2 Å². The second-order valence-corrected chi connectivity index (χ2v) is 6.98. The molecule has 1 aliphatic heterocycles. The number of sulfonamides is 1. The van der Waals surface area contributed by atoms with E-state index in [1.54, 1.807) is 24.3 Å². The second kappa shape index (κ2) is 6.56. The molecule has 1 saturated heterocycles. The molecule has 2 atom stereocenters. The highest BCUT2D eigenvalue weighted by Gasteiger charge is 2.27. The van der Waals surface area contributed by atoms with Crippen LogP contribution >= 0.6 is 0 Å². The number of para-hydroxylation sites is 1. The Bertz CT molecular complexity index is 545. The van der Waals surface area contributed by atoms with Crippen molar-refractivity contribution in [2.24, 2.45) is 5.92 Å². The summed E-state index contributed by atoms with van der Waals surface area (Å²) < 4.78 is 32.4. The third-order valence-corrected chi connectivity index (χ3v) is 5.01. The van der Waals surface area contributed by atoms with Crippen LogP contribution in [0.15, 0.2) is 24.3 Å². The monoisotopic (exact) mass is 298 g/mol. The average Bonchev–Trinajstić information content (AvgIpc) is 2.86. The molecule has 5 nitrogen and oxygen atoms in total. The first-order valence-corrected chi connectivity index (χ1v) is 8.59. The molecule has 3 N–H and O–H groups in total. The average molecular weight is 298 g/mol. The summed E-state index contributed by atoms with van der Waals surface area (Å²) in [6.07, 6.45) is 1.99. The number of hydrogen-bond donors (Lipinski definition) is 2. The molecule has 1 aromatic rings. The van der Waals surface area contributed by atoms with Gasteiger partial charge in [0.25, 0.3) is 0 Å². The van der Waals surface area contributed by atoms with Gasteiger partial charge in [0.15, 0.2) is 0 Å². The highest BCUT2D eigenvalue weighted by Crippen LogP contribution is 2.23. The summed E-state index contributed by atoms with van der Waals surface area (Å²) in [5.74, 6) is 0.187. The highest BCUT2D eigenvalue weighted by atomic mass is 32.2. The molecule has 2 rings (SSSR count). The minimum absolute atomic E-state index is 0.0793. The molecule has 0 saturated carbocycles. The Morgan fingerprint density at radius 3 is 2.85 bits per heavy atom. The quantitative estimate of drug-likeness (QED) is 0.780. The van der Waals surface area contributed by atoms with Crippen LogP contribution in [0.4, 0.5) is 5.69 Å². The summed E-state index contributed by atoms with van der Waals surface area (Å²) in [7, 11) is -3.36. The van der Waals surface area contributed by atoms with Crippen LogP contribution in [-0.4, -0.2) is 27.7 Å². The Kier molecular flexibility index (Phi) is 5.01. The standard InChI is InChI=1S/C14H22N2O3S/c1-2-14-11(7-8-19-14)9-16-20(17,18)10-12-5-3-4-6-13(12)15/h3-6,11,14,16H,2,7-10,15H2,1H3. The summed E-state index contributed by atoms with van der Waals surface area (Å²) in [6.45, 7) is 3.21. The minimum atomic E-state index is -3.36. The van der Waals surface area contributed by atoms with Crippen molar-refractivity contribution in [3.05, 3.63) is 29.8 Å². The van der Waals surface area contributed by atoms with E-state index in [-0.39, 0.29) is 17.8 Å². The maximum Gasteiger partial charge on any atom is 0.215 e. The largest absolute Gasteiger partial charge is 0.398 e. The van der Waals surface area contributed by atoms with Gasteiger partial charge in [0.2, 0.25) is 10.0 Å². The predicted molar refractivity (Wildman–Crippen MR) is 79.6 cm³/mol. The Morgan fingerprint density at radius 1 is 1.40 bits per heavy atom. The first kappa shape index (κ1) is 15.3. The minimum Gasteiger partial charge on any atom is -0.398 e. The predicted octanol–water partition coefficient (Wildman–Crippen LogP) is 1.50. The molecule has 6 heteroatoms. The molecule has 0 spiro atoms. The number of nitrogens with one attached hydrogen (secondary N) is 1. The Labute approximate surface area is 120 Å². The van der Waals surface area contributed by atoms with E-state index < -0.39 is 10.0 Å². The van der Waals surface area contributed by atoms with Crippen molar-refractivity contribution in [3.63, 3.8) is 0 Å². The molecule has 1 fully saturated rings. The first-order chi connectivity index (χ1) is 9.52. The molecule has 0 aliphatic carbocycles. The zero-order valence-electron chi connectivity index (χ0n) is 11.7. The van der Waals surface area contributed by atoms with E-state index >= 15 is 0 Å². The zero-order valence-corrected chi connectivity index (χ0v) is 12.5. The maximum atomic E-state index is 12.1. The summed E-state index contributed by atoms with van der Waals surface area (Å²) >= 11 is 0. The molecule has 1 aromatic carbocycles. The zero-order chi connectivity index (χ0) is 14.6. The molecule has 1 heterocycles. The van der Waals surface area contributed by atoms with Gasteiger partial charge in [-0.25, -0.2) is 13.1 Å². The van der Waals surface area contributed by atoms with Gasteiger partial charge >= 0.3 is 0 Å². The van der Waals surface area contributed by atoms with E-state index in [4.69, 9.17) is 10.5 Å². The maximum absolute atomic E-state index is 12.1. The third-order valence-electron chi connectivity index (χ3n) is 3.71. The van der Waals surface area contributed by atoms with Crippen molar-refractivity contribution in [3.8, 4) is 0 Å². The highest BCUT2D eigenvalue weighted by molar-refractivity contribution is 7.88. The lowest BCUT2D eigenvalue weighted by molar-refractivity contribution is 0.0884. The molecule has 0 radical (unpaired) electrons. The molecule has 20 heavy (non-hydrogen) atoms.